The molecule has 0 aromatic heterocycles. The molecule has 0 amide bonds. The molecule has 1 atom stereocenters. The van der Waals surface area contributed by atoms with Crippen LogP contribution in [0, 0.1) is 5.92 Å². The highest BCUT2D eigenvalue weighted by Gasteiger charge is 2.16. The Morgan fingerprint density at radius 3 is 1.75 bits per heavy atom. The molecule has 4 heteroatoms. The van der Waals surface area contributed by atoms with Crippen LogP contribution in [-0.2, 0) is 14.3 Å². The summed E-state index contributed by atoms with van der Waals surface area (Å²) < 4.78 is 5.67. The van der Waals surface area contributed by atoms with Gasteiger partial charge in [-0.2, -0.15) is 0 Å². The van der Waals surface area contributed by atoms with Gasteiger partial charge in [0.15, 0.2) is 0 Å². The van der Waals surface area contributed by atoms with Crippen LogP contribution in [0.2, 0.25) is 0 Å². The van der Waals surface area contributed by atoms with E-state index >= 15 is 0 Å². The first kappa shape index (κ1) is 26.9. The lowest BCUT2D eigenvalue weighted by atomic mass is 9.99. The topological polar surface area (TPSA) is 63.6 Å². The lowest BCUT2D eigenvalue weighted by molar-refractivity contribution is -0.150. The maximum absolute atomic E-state index is 12.0. The van der Waals surface area contributed by atoms with Crippen molar-refractivity contribution < 1.29 is 19.4 Å². The Morgan fingerprint density at radius 1 is 0.750 bits per heavy atom. The van der Waals surface area contributed by atoms with Gasteiger partial charge in [0.2, 0.25) is 0 Å². The molecular weight excluding hydrogens is 352 g/mol. The Balaban J connectivity index is 3.77. The molecule has 0 rings (SSSR count). The number of hydrogen-bond donors (Lipinski definition) is 1. The number of rotatable bonds is 20. The summed E-state index contributed by atoms with van der Waals surface area (Å²) in [5.41, 5.74) is 0. The first-order valence-electron chi connectivity index (χ1n) is 11.9. The summed E-state index contributed by atoms with van der Waals surface area (Å²) >= 11 is 0. The standard InChI is InChI=1S/C24H46O4/c1-4-5-6-7-8-9-10-11-12-13-14-17-22(20-21(2)3)28-24(27)19-16-15-18-23(25)26/h21-22H,4-20H2,1-3H3,(H,25,26). The minimum absolute atomic E-state index is 0.0190. The van der Waals surface area contributed by atoms with Gasteiger partial charge in [0.25, 0.3) is 0 Å². The average molecular weight is 399 g/mol. The van der Waals surface area contributed by atoms with Gasteiger partial charge in [0.1, 0.15) is 6.10 Å². The molecule has 0 saturated heterocycles. The van der Waals surface area contributed by atoms with Gasteiger partial charge in [-0.3, -0.25) is 9.59 Å². The molecule has 0 aromatic carbocycles. The van der Waals surface area contributed by atoms with Crippen LogP contribution in [0.1, 0.15) is 130 Å². The summed E-state index contributed by atoms with van der Waals surface area (Å²) in [5.74, 6) is -0.459. The zero-order valence-electron chi connectivity index (χ0n) is 18.8. The van der Waals surface area contributed by atoms with Gasteiger partial charge in [0, 0.05) is 12.8 Å². The molecule has 0 aliphatic heterocycles. The molecule has 0 radical (unpaired) electrons. The number of esters is 1. The highest BCUT2D eigenvalue weighted by molar-refractivity contribution is 5.70. The molecule has 0 spiro atoms. The third kappa shape index (κ3) is 19.7. The molecular formula is C24H46O4. The monoisotopic (exact) mass is 398 g/mol. The van der Waals surface area contributed by atoms with Gasteiger partial charge in [0.05, 0.1) is 0 Å². The normalized spacial score (nSPS) is 12.3. The number of hydrogen-bond acceptors (Lipinski definition) is 3. The van der Waals surface area contributed by atoms with Crippen molar-refractivity contribution in [2.24, 2.45) is 5.92 Å². The van der Waals surface area contributed by atoms with E-state index < -0.39 is 5.97 Å². The first-order chi connectivity index (χ1) is 13.5. The van der Waals surface area contributed by atoms with Crippen molar-refractivity contribution in [2.75, 3.05) is 0 Å². The number of aliphatic carboxylic acids is 1. The Kier molecular flexibility index (Phi) is 18.5. The molecule has 0 heterocycles. The fraction of sp³-hybridized carbons (Fsp3) is 0.917. The molecule has 166 valence electrons. The largest absolute Gasteiger partial charge is 0.481 e. The Bertz CT molecular complexity index is 379. The quantitative estimate of drug-likeness (QED) is 0.173. The third-order valence-electron chi connectivity index (χ3n) is 5.18. The van der Waals surface area contributed by atoms with Crippen LogP contribution >= 0.6 is 0 Å². The number of carboxylic acids is 1. The Morgan fingerprint density at radius 2 is 1.25 bits per heavy atom. The van der Waals surface area contributed by atoms with E-state index in [1.54, 1.807) is 0 Å². The summed E-state index contributed by atoms with van der Waals surface area (Å²) in [6, 6.07) is 0. The molecule has 1 N–H and O–H groups in total. The fourth-order valence-corrected chi connectivity index (χ4v) is 3.58. The van der Waals surface area contributed by atoms with Crippen LogP contribution in [-0.4, -0.2) is 23.1 Å². The zero-order chi connectivity index (χ0) is 21.0. The third-order valence-corrected chi connectivity index (χ3v) is 5.18. The second-order valence-electron chi connectivity index (χ2n) is 8.67. The number of ether oxygens (including phenoxy) is 1. The predicted octanol–water partition coefficient (Wildman–Crippen LogP) is 7.29. The Hall–Kier alpha value is -1.06. The van der Waals surface area contributed by atoms with E-state index in [-0.39, 0.29) is 18.5 Å². The van der Waals surface area contributed by atoms with Gasteiger partial charge in [-0.25, -0.2) is 0 Å². The minimum Gasteiger partial charge on any atom is -0.481 e. The maximum Gasteiger partial charge on any atom is 0.306 e. The van der Waals surface area contributed by atoms with Gasteiger partial charge in [-0.15, -0.1) is 0 Å². The van der Waals surface area contributed by atoms with Crippen molar-refractivity contribution in [1.29, 1.82) is 0 Å². The molecule has 0 aliphatic rings. The second-order valence-corrected chi connectivity index (χ2v) is 8.67. The van der Waals surface area contributed by atoms with Crippen LogP contribution in [0.5, 0.6) is 0 Å². The van der Waals surface area contributed by atoms with Crippen LogP contribution < -0.4 is 0 Å². The predicted molar refractivity (Wildman–Crippen MR) is 117 cm³/mol. The number of unbranched alkanes of at least 4 members (excludes halogenated alkanes) is 11. The van der Waals surface area contributed by atoms with E-state index in [0.717, 1.165) is 19.3 Å². The van der Waals surface area contributed by atoms with Gasteiger partial charge in [-0.1, -0.05) is 85.0 Å². The van der Waals surface area contributed by atoms with Gasteiger partial charge >= 0.3 is 11.9 Å². The molecule has 1 unspecified atom stereocenters. The van der Waals surface area contributed by atoms with Gasteiger partial charge < -0.3 is 9.84 Å². The highest BCUT2D eigenvalue weighted by atomic mass is 16.5. The van der Waals surface area contributed by atoms with Crippen LogP contribution in [0.25, 0.3) is 0 Å². The summed E-state index contributed by atoms with van der Waals surface area (Å²) in [5, 5.41) is 8.64. The van der Waals surface area contributed by atoms with E-state index in [0.29, 0.717) is 25.2 Å². The van der Waals surface area contributed by atoms with Crippen molar-refractivity contribution in [1.82, 2.24) is 0 Å². The van der Waals surface area contributed by atoms with Crippen molar-refractivity contribution in [2.45, 2.75) is 136 Å². The second kappa shape index (κ2) is 19.3. The zero-order valence-corrected chi connectivity index (χ0v) is 18.8. The minimum atomic E-state index is -0.803. The van der Waals surface area contributed by atoms with Crippen LogP contribution in [0.3, 0.4) is 0 Å². The van der Waals surface area contributed by atoms with Crippen molar-refractivity contribution in [3.8, 4) is 0 Å². The number of carbonyl (C=O) groups is 2. The molecule has 4 nitrogen and oxygen atoms in total. The number of carboxylic acid groups (broad SMARTS) is 1. The molecule has 0 bridgehead atoms. The summed E-state index contributed by atoms with van der Waals surface area (Å²) in [6.45, 7) is 6.58. The fourth-order valence-electron chi connectivity index (χ4n) is 3.58. The van der Waals surface area contributed by atoms with E-state index in [9.17, 15) is 9.59 Å². The smallest absolute Gasteiger partial charge is 0.306 e. The van der Waals surface area contributed by atoms with E-state index in [1.807, 2.05) is 0 Å². The summed E-state index contributed by atoms with van der Waals surface area (Å²) in [6.07, 6.45) is 18.0. The SMILES string of the molecule is CCCCCCCCCCCCCC(CC(C)C)OC(=O)CCCCC(=O)O. The van der Waals surface area contributed by atoms with Crippen LogP contribution in [0.15, 0.2) is 0 Å². The lowest BCUT2D eigenvalue weighted by Gasteiger charge is -2.20. The Labute approximate surface area is 173 Å². The van der Waals surface area contributed by atoms with E-state index in [1.165, 1.54) is 64.2 Å². The first-order valence-corrected chi connectivity index (χ1v) is 11.9. The van der Waals surface area contributed by atoms with Crippen molar-refractivity contribution >= 4 is 11.9 Å². The van der Waals surface area contributed by atoms with Crippen LogP contribution in [0.4, 0.5) is 0 Å². The molecule has 0 aliphatic carbocycles. The molecule has 28 heavy (non-hydrogen) atoms. The molecule has 0 saturated carbocycles. The highest BCUT2D eigenvalue weighted by Crippen LogP contribution is 2.18. The summed E-state index contributed by atoms with van der Waals surface area (Å²) in [7, 11) is 0. The maximum atomic E-state index is 12.0. The molecule has 0 fully saturated rings. The van der Waals surface area contributed by atoms with Gasteiger partial charge in [-0.05, 0) is 38.0 Å². The van der Waals surface area contributed by atoms with E-state index in [4.69, 9.17) is 9.84 Å². The summed E-state index contributed by atoms with van der Waals surface area (Å²) in [4.78, 5) is 22.5. The molecule has 0 aromatic rings. The number of carbonyl (C=O) groups excluding carboxylic acids is 1. The lowest BCUT2D eigenvalue weighted by Crippen LogP contribution is -2.20. The van der Waals surface area contributed by atoms with E-state index in [2.05, 4.69) is 20.8 Å². The van der Waals surface area contributed by atoms with Crippen molar-refractivity contribution in [3.63, 3.8) is 0 Å². The average Bonchev–Trinajstić information content (AvgIpc) is 2.62. The van der Waals surface area contributed by atoms with Crippen molar-refractivity contribution in [3.05, 3.63) is 0 Å².